The van der Waals surface area contributed by atoms with Crippen molar-refractivity contribution in [2.24, 2.45) is 5.41 Å². The van der Waals surface area contributed by atoms with Gasteiger partial charge in [0, 0.05) is 6.54 Å². The van der Waals surface area contributed by atoms with Gasteiger partial charge in [0.15, 0.2) is 0 Å². The molecule has 0 heterocycles. The van der Waals surface area contributed by atoms with E-state index in [-0.39, 0.29) is 5.41 Å². The molecule has 1 rings (SSSR count). The molecule has 0 aliphatic heterocycles. The molecule has 82 valence electrons. The van der Waals surface area contributed by atoms with Crippen LogP contribution in [0.1, 0.15) is 39.5 Å². The second-order valence-corrected chi connectivity index (χ2v) is 4.39. The van der Waals surface area contributed by atoms with Gasteiger partial charge in [-0.3, -0.25) is 4.79 Å². The third-order valence-electron chi connectivity index (χ3n) is 3.39. The van der Waals surface area contributed by atoms with Gasteiger partial charge in [0.25, 0.3) is 0 Å². The number of rotatable bonds is 6. The monoisotopic (exact) mass is 199 g/mol. The summed E-state index contributed by atoms with van der Waals surface area (Å²) in [5.74, 6) is -0.642. The van der Waals surface area contributed by atoms with Gasteiger partial charge in [0.1, 0.15) is 0 Å². The van der Waals surface area contributed by atoms with E-state index in [0.29, 0.717) is 6.42 Å². The van der Waals surface area contributed by atoms with Gasteiger partial charge >= 0.3 is 5.97 Å². The van der Waals surface area contributed by atoms with Crippen molar-refractivity contribution >= 4 is 5.97 Å². The van der Waals surface area contributed by atoms with E-state index in [9.17, 15) is 4.79 Å². The van der Waals surface area contributed by atoms with Crippen LogP contribution in [0.2, 0.25) is 0 Å². The van der Waals surface area contributed by atoms with Crippen LogP contribution in [0.4, 0.5) is 0 Å². The van der Waals surface area contributed by atoms with E-state index < -0.39 is 5.97 Å². The normalized spacial score (nSPS) is 19.4. The Morgan fingerprint density at radius 2 is 1.93 bits per heavy atom. The topological polar surface area (TPSA) is 40.5 Å². The summed E-state index contributed by atoms with van der Waals surface area (Å²) in [5, 5.41) is 8.85. The first-order valence-electron chi connectivity index (χ1n) is 5.56. The van der Waals surface area contributed by atoms with Crippen molar-refractivity contribution in [1.29, 1.82) is 0 Å². The second kappa shape index (κ2) is 4.78. The molecule has 0 spiro atoms. The Bertz CT molecular complexity index is 195. The maximum absolute atomic E-state index is 10.7. The molecular formula is C11H21NO2. The molecule has 1 N–H and O–H groups in total. The molecule has 0 aromatic heterocycles. The van der Waals surface area contributed by atoms with E-state index in [2.05, 4.69) is 18.7 Å². The summed E-state index contributed by atoms with van der Waals surface area (Å²) in [6.07, 6.45) is 3.74. The van der Waals surface area contributed by atoms with E-state index in [1.807, 2.05) is 0 Å². The smallest absolute Gasteiger partial charge is 0.303 e. The SMILES string of the molecule is CCN(CC)CC1(CC(=O)O)CCC1. The molecule has 1 fully saturated rings. The molecule has 1 aliphatic rings. The van der Waals surface area contributed by atoms with Gasteiger partial charge < -0.3 is 10.0 Å². The van der Waals surface area contributed by atoms with Crippen molar-refractivity contribution in [3.8, 4) is 0 Å². The van der Waals surface area contributed by atoms with Gasteiger partial charge in [0.05, 0.1) is 6.42 Å². The van der Waals surface area contributed by atoms with Crippen LogP contribution in [-0.4, -0.2) is 35.6 Å². The highest BCUT2D eigenvalue weighted by atomic mass is 16.4. The lowest BCUT2D eigenvalue weighted by Gasteiger charge is -2.44. The molecule has 1 saturated carbocycles. The van der Waals surface area contributed by atoms with Crippen LogP contribution >= 0.6 is 0 Å². The Kier molecular flexibility index (Phi) is 3.93. The van der Waals surface area contributed by atoms with Gasteiger partial charge in [-0.15, -0.1) is 0 Å². The van der Waals surface area contributed by atoms with Crippen molar-refractivity contribution in [3.63, 3.8) is 0 Å². The fourth-order valence-electron chi connectivity index (χ4n) is 2.31. The fourth-order valence-corrected chi connectivity index (χ4v) is 2.31. The molecule has 0 amide bonds. The maximum Gasteiger partial charge on any atom is 0.303 e. The van der Waals surface area contributed by atoms with E-state index in [0.717, 1.165) is 32.5 Å². The minimum Gasteiger partial charge on any atom is -0.481 e. The Morgan fingerprint density at radius 3 is 2.21 bits per heavy atom. The average Bonchev–Trinajstić information content (AvgIpc) is 2.09. The first-order chi connectivity index (χ1) is 6.62. The first kappa shape index (κ1) is 11.5. The number of hydrogen-bond donors (Lipinski definition) is 1. The number of aliphatic carboxylic acids is 1. The van der Waals surface area contributed by atoms with E-state index in [1.54, 1.807) is 0 Å². The minimum absolute atomic E-state index is 0.0951. The third kappa shape index (κ3) is 2.71. The summed E-state index contributed by atoms with van der Waals surface area (Å²) >= 11 is 0. The molecule has 3 nitrogen and oxygen atoms in total. The standard InChI is InChI=1S/C11H21NO2/c1-3-12(4-2)9-11(6-5-7-11)8-10(13)14/h3-9H2,1-2H3,(H,13,14). The fraction of sp³-hybridized carbons (Fsp3) is 0.909. The number of carbonyl (C=O) groups is 1. The molecule has 0 bridgehead atoms. The summed E-state index contributed by atoms with van der Waals surface area (Å²) in [7, 11) is 0. The van der Waals surface area contributed by atoms with Crippen LogP contribution in [0.5, 0.6) is 0 Å². The van der Waals surface area contributed by atoms with Crippen LogP contribution in [0.3, 0.4) is 0 Å². The number of nitrogens with zero attached hydrogens (tertiary/aromatic N) is 1. The quantitative estimate of drug-likeness (QED) is 0.711. The van der Waals surface area contributed by atoms with E-state index >= 15 is 0 Å². The summed E-state index contributed by atoms with van der Waals surface area (Å²) in [6, 6.07) is 0. The third-order valence-corrected chi connectivity index (χ3v) is 3.39. The highest BCUT2D eigenvalue weighted by Crippen LogP contribution is 2.44. The van der Waals surface area contributed by atoms with Gasteiger partial charge in [-0.05, 0) is 31.3 Å². The Morgan fingerprint density at radius 1 is 1.36 bits per heavy atom. The number of carboxylic acids is 1. The predicted molar refractivity (Wildman–Crippen MR) is 56.3 cm³/mol. The molecule has 3 heteroatoms. The molecule has 0 atom stereocenters. The first-order valence-corrected chi connectivity index (χ1v) is 5.56. The van der Waals surface area contributed by atoms with Crippen molar-refractivity contribution in [1.82, 2.24) is 4.90 Å². The molecule has 1 aliphatic carbocycles. The largest absolute Gasteiger partial charge is 0.481 e. The van der Waals surface area contributed by atoms with E-state index in [1.165, 1.54) is 6.42 Å². The van der Waals surface area contributed by atoms with Crippen LogP contribution < -0.4 is 0 Å². The summed E-state index contributed by atoms with van der Waals surface area (Å²) in [4.78, 5) is 13.1. The number of hydrogen-bond acceptors (Lipinski definition) is 2. The molecule has 0 aromatic rings. The minimum atomic E-state index is -0.642. The zero-order valence-electron chi connectivity index (χ0n) is 9.25. The zero-order chi connectivity index (χ0) is 10.6. The summed E-state index contributed by atoms with van der Waals surface area (Å²) in [6.45, 7) is 7.29. The average molecular weight is 199 g/mol. The Labute approximate surface area is 86.1 Å². The highest BCUT2D eigenvalue weighted by molar-refractivity contribution is 5.68. The van der Waals surface area contributed by atoms with Crippen LogP contribution in [0.15, 0.2) is 0 Å². The maximum atomic E-state index is 10.7. The summed E-state index contributed by atoms with van der Waals surface area (Å²) < 4.78 is 0. The van der Waals surface area contributed by atoms with Gasteiger partial charge in [-0.25, -0.2) is 0 Å². The molecule has 0 aromatic carbocycles. The van der Waals surface area contributed by atoms with Crippen molar-refractivity contribution in [2.75, 3.05) is 19.6 Å². The van der Waals surface area contributed by atoms with Gasteiger partial charge in [-0.1, -0.05) is 20.3 Å². The van der Waals surface area contributed by atoms with Crippen molar-refractivity contribution < 1.29 is 9.90 Å². The Balaban J connectivity index is 2.48. The molecule has 0 radical (unpaired) electrons. The van der Waals surface area contributed by atoms with Crippen molar-refractivity contribution in [3.05, 3.63) is 0 Å². The van der Waals surface area contributed by atoms with Gasteiger partial charge in [0.2, 0.25) is 0 Å². The lowest BCUT2D eigenvalue weighted by molar-refractivity contribution is -0.142. The molecule has 14 heavy (non-hydrogen) atoms. The van der Waals surface area contributed by atoms with Crippen molar-refractivity contribution in [2.45, 2.75) is 39.5 Å². The second-order valence-electron chi connectivity index (χ2n) is 4.39. The zero-order valence-corrected chi connectivity index (χ0v) is 9.25. The predicted octanol–water partition coefficient (Wildman–Crippen LogP) is 1.97. The number of carboxylic acid groups (broad SMARTS) is 1. The van der Waals surface area contributed by atoms with Crippen LogP contribution in [0.25, 0.3) is 0 Å². The molecule has 0 unspecified atom stereocenters. The summed E-state index contributed by atoms with van der Waals surface area (Å²) in [5.41, 5.74) is 0.0951. The van der Waals surface area contributed by atoms with Gasteiger partial charge in [-0.2, -0.15) is 0 Å². The van der Waals surface area contributed by atoms with Crippen LogP contribution in [0, 0.1) is 5.41 Å². The molecular weight excluding hydrogens is 178 g/mol. The molecule has 0 saturated heterocycles. The lowest BCUT2D eigenvalue weighted by Crippen LogP contribution is -2.43. The lowest BCUT2D eigenvalue weighted by atomic mass is 9.66. The Hall–Kier alpha value is -0.570. The highest BCUT2D eigenvalue weighted by Gasteiger charge is 2.39. The van der Waals surface area contributed by atoms with Crippen LogP contribution in [-0.2, 0) is 4.79 Å². The van der Waals surface area contributed by atoms with E-state index in [4.69, 9.17) is 5.11 Å².